The number of piperidine rings is 1. The average Bonchev–Trinajstić information content (AvgIpc) is 3.06. The van der Waals surface area contributed by atoms with Crippen molar-refractivity contribution in [1.29, 1.82) is 0 Å². The highest BCUT2D eigenvalue weighted by molar-refractivity contribution is 5.31. The number of hydrogen-bond donors (Lipinski definition) is 1. The molecule has 0 spiro atoms. The number of aryl methyl sites for hydroxylation is 1. The van der Waals surface area contributed by atoms with E-state index in [-0.39, 0.29) is 11.6 Å². The van der Waals surface area contributed by atoms with Gasteiger partial charge in [-0.25, -0.2) is 9.97 Å². The second-order valence-electron chi connectivity index (χ2n) is 6.08. The Labute approximate surface area is 143 Å². The molecule has 1 aliphatic rings. The Morgan fingerprint density at radius 1 is 1.16 bits per heavy atom. The van der Waals surface area contributed by atoms with Gasteiger partial charge in [0, 0.05) is 31.0 Å². The molecule has 0 radical (unpaired) electrons. The van der Waals surface area contributed by atoms with Gasteiger partial charge in [0.1, 0.15) is 5.69 Å². The van der Waals surface area contributed by atoms with Crippen LogP contribution in [-0.2, 0) is 19.2 Å². The molecular weight excluding hydrogens is 335 g/mol. The van der Waals surface area contributed by atoms with Crippen LogP contribution >= 0.6 is 0 Å². The first-order valence-electron chi connectivity index (χ1n) is 8.24. The van der Waals surface area contributed by atoms with Crippen LogP contribution in [0.5, 0.6) is 0 Å². The second-order valence-corrected chi connectivity index (χ2v) is 6.08. The number of alkyl halides is 3. The smallest absolute Gasteiger partial charge is 0.392 e. The van der Waals surface area contributed by atoms with Gasteiger partial charge in [0.25, 0.3) is 0 Å². The van der Waals surface area contributed by atoms with Crippen LogP contribution in [0.3, 0.4) is 0 Å². The minimum atomic E-state index is -4.54. The maximum atomic E-state index is 13.3. The fraction of sp³-hybridized carbons (Fsp3) is 0.562. The molecule has 0 bridgehead atoms. The molecule has 1 fully saturated rings. The van der Waals surface area contributed by atoms with Crippen LogP contribution in [0.4, 0.5) is 19.1 Å². The molecule has 1 aliphatic heterocycles. The maximum Gasteiger partial charge on any atom is 0.433 e. The maximum absolute atomic E-state index is 13.3. The number of rotatable bonds is 4. The lowest BCUT2D eigenvalue weighted by Crippen LogP contribution is -2.37. The highest BCUT2D eigenvalue weighted by Gasteiger charge is 2.40. The zero-order valence-corrected chi connectivity index (χ0v) is 13.9. The number of aliphatic hydroxyl groups is 1. The fourth-order valence-corrected chi connectivity index (χ4v) is 3.11. The topological polar surface area (TPSA) is 67.1 Å². The van der Waals surface area contributed by atoms with E-state index in [2.05, 4.69) is 15.1 Å². The summed E-state index contributed by atoms with van der Waals surface area (Å²) in [5.74, 6) is 0.600. The predicted molar refractivity (Wildman–Crippen MR) is 85.0 cm³/mol. The quantitative estimate of drug-likeness (QED) is 0.913. The van der Waals surface area contributed by atoms with Crippen molar-refractivity contribution in [3.63, 3.8) is 0 Å². The van der Waals surface area contributed by atoms with Gasteiger partial charge in [-0.05, 0) is 24.8 Å². The number of halogens is 3. The van der Waals surface area contributed by atoms with Gasteiger partial charge in [-0.15, -0.1) is 0 Å². The zero-order valence-electron chi connectivity index (χ0n) is 13.9. The number of nitrogens with zero attached hydrogens (tertiary/aromatic N) is 5. The zero-order chi connectivity index (χ0) is 18.0. The highest BCUT2D eigenvalue weighted by atomic mass is 19.4. The summed E-state index contributed by atoms with van der Waals surface area (Å²) in [4.78, 5) is 10.6. The Balaban J connectivity index is 1.73. The largest absolute Gasteiger partial charge is 0.433 e. The molecule has 1 saturated heterocycles. The molecular formula is C16H20F3N5O. The number of aliphatic hydroxyl groups excluding tert-OH is 1. The van der Waals surface area contributed by atoms with Crippen LogP contribution in [-0.4, -0.2) is 37.9 Å². The number of aromatic nitrogens is 4. The van der Waals surface area contributed by atoms with Crippen molar-refractivity contribution in [1.82, 2.24) is 19.7 Å². The third-order valence-corrected chi connectivity index (χ3v) is 4.50. The molecule has 0 atom stereocenters. The summed E-state index contributed by atoms with van der Waals surface area (Å²) >= 11 is 0. The molecule has 3 rings (SSSR count). The van der Waals surface area contributed by atoms with E-state index in [1.807, 2.05) is 11.8 Å². The molecule has 0 aromatic carbocycles. The Bertz CT molecular complexity index is 706. The van der Waals surface area contributed by atoms with Gasteiger partial charge in [-0.2, -0.15) is 18.3 Å². The summed E-state index contributed by atoms with van der Waals surface area (Å²) in [5.41, 5.74) is 0.00643. The third kappa shape index (κ3) is 3.60. The first kappa shape index (κ1) is 17.7. The van der Waals surface area contributed by atoms with Crippen molar-refractivity contribution in [2.75, 3.05) is 18.0 Å². The standard InChI is InChI=1S/C16H20F3N5O/c1-2-11-7-20-15(21-8-11)23-5-3-13(4-6-23)24-14(16(17,18)19)12(10-25)9-22-24/h7-9,13,25H,2-6,10H2,1H3. The van der Waals surface area contributed by atoms with E-state index in [0.717, 1.165) is 22.9 Å². The van der Waals surface area contributed by atoms with Crippen LogP contribution in [0.2, 0.25) is 0 Å². The van der Waals surface area contributed by atoms with E-state index in [1.54, 1.807) is 12.4 Å². The van der Waals surface area contributed by atoms with Crippen LogP contribution < -0.4 is 4.90 Å². The van der Waals surface area contributed by atoms with Crippen molar-refractivity contribution in [2.24, 2.45) is 0 Å². The molecule has 3 heterocycles. The normalized spacial score (nSPS) is 16.4. The second kappa shape index (κ2) is 6.99. The average molecular weight is 355 g/mol. The van der Waals surface area contributed by atoms with Crippen molar-refractivity contribution in [3.8, 4) is 0 Å². The minimum absolute atomic E-state index is 0.187. The lowest BCUT2D eigenvalue weighted by molar-refractivity contribution is -0.146. The van der Waals surface area contributed by atoms with Crippen molar-refractivity contribution in [2.45, 2.75) is 45.0 Å². The predicted octanol–water partition coefficient (Wildman–Crippen LogP) is 2.59. The van der Waals surface area contributed by atoms with E-state index in [0.29, 0.717) is 31.9 Å². The third-order valence-electron chi connectivity index (χ3n) is 4.50. The van der Waals surface area contributed by atoms with Crippen LogP contribution in [0.15, 0.2) is 18.6 Å². The van der Waals surface area contributed by atoms with E-state index >= 15 is 0 Å². The van der Waals surface area contributed by atoms with E-state index in [1.165, 1.54) is 0 Å². The lowest BCUT2D eigenvalue weighted by atomic mass is 10.0. The van der Waals surface area contributed by atoms with Crippen LogP contribution in [0.1, 0.15) is 42.6 Å². The van der Waals surface area contributed by atoms with Gasteiger partial charge in [0.15, 0.2) is 0 Å². The minimum Gasteiger partial charge on any atom is -0.392 e. The van der Waals surface area contributed by atoms with E-state index < -0.39 is 18.5 Å². The molecule has 0 saturated carbocycles. The fourth-order valence-electron chi connectivity index (χ4n) is 3.11. The van der Waals surface area contributed by atoms with Crippen molar-refractivity contribution < 1.29 is 18.3 Å². The van der Waals surface area contributed by atoms with Crippen LogP contribution in [0, 0.1) is 0 Å². The van der Waals surface area contributed by atoms with Gasteiger partial charge in [0.05, 0.1) is 18.8 Å². The molecule has 2 aromatic rings. The Hall–Kier alpha value is -2.16. The Morgan fingerprint density at radius 3 is 2.32 bits per heavy atom. The number of hydrogen-bond acceptors (Lipinski definition) is 5. The summed E-state index contributed by atoms with van der Waals surface area (Å²) < 4.78 is 40.9. The molecule has 1 N–H and O–H groups in total. The summed E-state index contributed by atoms with van der Waals surface area (Å²) in [7, 11) is 0. The highest BCUT2D eigenvalue weighted by Crippen LogP contribution is 2.36. The first-order chi connectivity index (χ1) is 11.9. The van der Waals surface area contributed by atoms with Crippen molar-refractivity contribution >= 4 is 5.95 Å². The molecule has 2 aromatic heterocycles. The molecule has 136 valence electrons. The molecule has 6 nitrogen and oxygen atoms in total. The molecule has 0 unspecified atom stereocenters. The molecule has 9 heteroatoms. The van der Waals surface area contributed by atoms with E-state index in [4.69, 9.17) is 5.11 Å². The van der Waals surface area contributed by atoms with Gasteiger partial charge in [-0.1, -0.05) is 6.92 Å². The summed E-state index contributed by atoms with van der Waals surface area (Å²) in [6.45, 7) is 2.46. The van der Waals surface area contributed by atoms with Gasteiger partial charge < -0.3 is 10.0 Å². The molecule has 25 heavy (non-hydrogen) atoms. The Morgan fingerprint density at radius 2 is 1.80 bits per heavy atom. The Kier molecular flexibility index (Phi) is 4.94. The van der Waals surface area contributed by atoms with Gasteiger partial charge in [-0.3, -0.25) is 4.68 Å². The molecule has 0 aliphatic carbocycles. The summed E-state index contributed by atoms with van der Waals surface area (Å²) in [6.07, 6.45) is 1.99. The summed E-state index contributed by atoms with van der Waals surface area (Å²) in [5, 5.41) is 13.0. The van der Waals surface area contributed by atoms with Gasteiger partial charge >= 0.3 is 6.18 Å². The molecule has 0 amide bonds. The summed E-state index contributed by atoms with van der Waals surface area (Å²) in [6, 6.07) is -0.358. The first-order valence-corrected chi connectivity index (χ1v) is 8.24. The lowest BCUT2D eigenvalue weighted by Gasteiger charge is -2.33. The monoisotopic (exact) mass is 355 g/mol. The van der Waals surface area contributed by atoms with Gasteiger partial charge in [0.2, 0.25) is 5.95 Å². The van der Waals surface area contributed by atoms with Crippen LogP contribution in [0.25, 0.3) is 0 Å². The van der Waals surface area contributed by atoms with E-state index in [9.17, 15) is 13.2 Å². The van der Waals surface area contributed by atoms with Crippen molar-refractivity contribution in [3.05, 3.63) is 35.4 Å². The SMILES string of the molecule is CCc1cnc(N2CCC(n3ncc(CO)c3C(F)(F)F)CC2)nc1. The number of anilines is 1.